The van der Waals surface area contributed by atoms with Gasteiger partial charge < -0.3 is 16.4 Å². The van der Waals surface area contributed by atoms with Crippen molar-refractivity contribution in [3.8, 4) is 0 Å². The SMILES string of the molecule is CC1(C(N)=O)CCN(c2cccc(N)c2[N+](=O)[O-])C1. The molecule has 1 atom stereocenters. The van der Waals surface area contributed by atoms with Gasteiger partial charge in [0.15, 0.2) is 0 Å². The Kier molecular flexibility index (Phi) is 3.05. The molecule has 0 aromatic heterocycles. The summed E-state index contributed by atoms with van der Waals surface area (Å²) in [6.45, 7) is 2.68. The fourth-order valence-electron chi connectivity index (χ4n) is 2.37. The number of rotatable bonds is 3. The fourth-order valence-corrected chi connectivity index (χ4v) is 2.37. The second kappa shape index (κ2) is 4.42. The number of nitrogens with two attached hydrogens (primary N) is 2. The summed E-state index contributed by atoms with van der Waals surface area (Å²) in [6, 6.07) is 4.80. The third kappa shape index (κ3) is 2.18. The van der Waals surface area contributed by atoms with Crippen molar-refractivity contribution in [3.05, 3.63) is 28.3 Å². The summed E-state index contributed by atoms with van der Waals surface area (Å²) in [6.07, 6.45) is 0.578. The lowest BCUT2D eigenvalue weighted by Crippen LogP contribution is -2.37. The highest BCUT2D eigenvalue weighted by molar-refractivity contribution is 5.83. The first-order chi connectivity index (χ1) is 8.85. The summed E-state index contributed by atoms with van der Waals surface area (Å²) in [5.74, 6) is -0.387. The van der Waals surface area contributed by atoms with E-state index in [0.29, 0.717) is 25.2 Å². The summed E-state index contributed by atoms with van der Waals surface area (Å²) in [5.41, 5.74) is 10.8. The van der Waals surface area contributed by atoms with Crippen molar-refractivity contribution < 1.29 is 9.72 Å². The molecule has 1 aromatic rings. The Hall–Kier alpha value is -2.31. The summed E-state index contributed by atoms with van der Waals surface area (Å²) in [7, 11) is 0. The first-order valence-electron chi connectivity index (χ1n) is 5.93. The van der Waals surface area contributed by atoms with Crippen molar-refractivity contribution >= 4 is 23.0 Å². The molecule has 0 aliphatic carbocycles. The van der Waals surface area contributed by atoms with Crippen molar-refractivity contribution in [2.24, 2.45) is 11.1 Å². The molecule has 7 heteroatoms. The van der Waals surface area contributed by atoms with Gasteiger partial charge in [0.25, 0.3) is 0 Å². The van der Waals surface area contributed by atoms with Gasteiger partial charge in [-0.25, -0.2) is 0 Å². The molecule has 1 saturated heterocycles. The minimum absolute atomic E-state index is 0.115. The number of hydrogen-bond donors (Lipinski definition) is 2. The molecule has 1 aromatic carbocycles. The van der Waals surface area contributed by atoms with E-state index in [0.717, 1.165) is 0 Å². The highest BCUT2D eigenvalue weighted by atomic mass is 16.6. The molecule has 0 saturated carbocycles. The van der Waals surface area contributed by atoms with Gasteiger partial charge in [-0.2, -0.15) is 0 Å². The maximum Gasteiger partial charge on any atom is 0.315 e. The first-order valence-corrected chi connectivity index (χ1v) is 5.93. The van der Waals surface area contributed by atoms with Gasteiger partial charge in [-0.1, -0.05) is 6.07 Å². The topological polar surface area (TPSA) is 115 Å². The number of para-hydroxylation sites is 1. The Balaban J connectivity index is 2.37. The van der Waals surface area contributed by atoms with E-state index in [1.54, 1.807) is 24.0 Å². The highest BCUT2D eigenvalue weighted by Crippen LogP contribution is 2.39. The van der Waals surface area contributed by atoms with E-state index >= 15 is 0 Å². The number of nitrogen functional groups attached to an aromatic ring is 1. The molecular weight excluding hydrogens is 248 g/mol. The van der Waals surface area contributed by atoms with E-state index in [1.807, 2.05) is 0 Å². The molecule has 0 bridgehead atoms. The minimum Gasteiger partial charge on any atom is -0.393 e. The number of primary amides is 1. The van der Waals surface area contributed by atoms with Crippen LogP contribution in [0.3, 0.4) is 0 Å². The van der Waals surface area contributed by atoms with Gasteiger partial charge >= 0.3 is 5.69 Å². The maximum atomic E-state index is 11.4. The number of amides is 1. The van der Waals surface area contributed by atoms with Crippen LogP contribution in [0.25, 0.3) is 0 Å². The number of carbonyl (C=O) groups excluding carboxylic acids is 1. The van der Waals surface area contributed by atoms with Gasteiger partial charge in [-0.05, 0) is 25.5 Å². The molecule has 2 rings (SSSR count). The Morgan fingerprint density at radius 3 is 2.74 bits per heavy atom. The second-order valence-electron chi connectivity index (χ2n) is 5.07. The number of carbonyl (C=O) groups is 1. The van der Waals surface area contributed by atoms with Gasteiger partial charge in [-0.3, -0.25) is 14.9 Å². The summed E-state index contributed by atoms with van der Waals surface area (Å²) in [4.78, 5) is 23.8. The molecule has 0 radical (unpaired) electrons. The van der Waals surface area contributed by atoms with Crippen LogP contribution in [0, 0.1) is 15.5 Å². The van der Waals surface area contributed by atoms with Crippen LogP contribution < -0.4 is 16.4 Å². The Morgan fingerprint density at radius 1 is 1.53 bits per heavy atom. The summed E-state index contributed by atoms with van der Waals surface area (Å²) in [5, 5.41) is 11.1. The van der Waals surface area contributed by atoms with E-state index in [9.17, 15) is 14.9 Å². The van der Waals surface area contributed by atoms with E-state index in [4.69, 9.17) is 11.5 Å². The van der Waals surface area contributed by atoms with Crippen LogP contribution in [0.2, 0.25) is 0 Å². The normalized spacial score (nSPS) is 22.5. The molecule has 1 aliphatic heterocycles. The van der Waals surface area contributed by atoms with Crippen LogP contribution in [-0.2, 0) is 4.79 Å². The van der Waals surface area contributed by atoms with Gasteiger partial charge in [-0.15, -0.1) is 0 Å². The van der Waals surface area contributed by atoms with Crippen molar-refractivity contribution in [1.29, 1.82) is 0 Å². The molecule has 1 aliphatic rings. The van der Waals surface area contributed by atoms with Crippen molar-refractivity contribution in [3.63, 3.8) is 0 Å². The number of benzene rings is 1. The van der Waals surface area contributed by atoms with Crippen LogP contribution in [-0.4, -0.2) is 23.9 Å². The standard InChI is InChI=1S/C12H16N4O3/c1-12(11(14)17)5-6-15(7-12)9-4-2-3-8(13)10(9)16(18)19/h2-4H,5-7,13H2,1H3,(H2,14,17). The molecule has 19 heavy (non-hydrogen) atoms. The predicted octanol–water partition coefficient (Wildman–Crippen LogP) is 0.879. The quantitative estimate of drug-likeness (QED) is 0.477. The van der Waals surface area contributed by atoms with Crippen molar-refractivity contribution in [2.45, 2.75) is 13.3 Å². The van der Waals surface area contributed by atoms with Gasteiger partial charge in [0, 0.05) is 13.1 Å². The molecule has 1 heterocycles. The highest BCUT2D eigenvalue weighted by Gasteiger charge is 2.40. The summed E-state index contributed by atoms with van der Waals surface area (Å²) < 4.78 is 0. The van der Waals surface area contributed by atoms with E-state index in [2.05, 4.69) is 0 Å². The molecule has 1 unspecified atom stereocenters. The number of nitrogens with zero attached hydrogens (tertiary/aromatic N) is 2. The van der Waals surface area contributed by atoms with Crippen molar-refractivity contribution in [2.75, 3.05) is 23.7 Å². The molecular formula is C12H16N4O3. The molecule has 0 spiro atoms. The predicted molar refractivity (Wildman–Crippen MR) is 71.6 cm³/mol. The van der Waals surface area contributed by atoms with E-state index in [-0.39, 0.29) is 17.3 Å². The zero-order chi connectivity index (χ0) is 14.2. The van der Waals surface area contributed by atoms with E-state index in [1.165, 1.54) is 6.07 Å². The lowest BCUT2D eigenvalue weighted by molar-refractivity contribution is -0.383. The van der Waals surface area contributed by atoms with Crippen LogP contribution in [0.1, 0.15) is 13.3 Å². The largest absolute Gasteiger partial charge is 0.393 e. The zero-order valence-electron chi connectivity index (χ0n) is 10.6. The van der Waals surface area contributed by atoms with Gasteiger partial charge in [0.05, 0.1) is 10.3 Å². The molecule has 7 nitrogen and oxygen atoms in total. The van der Waals surface area contributed by atoms with Crippen molar-refractivity contribution in [1.82, 2.24) is 0 Å². The number of nitro groups is 1. The Labute approximate surface area is 110 Å². The number of anilines is 2. The molecule has 4 N–H and O–H groups in total. The van der Waals surface area contributed by atoms with Crippen LogP contribution >= 0.6 is 0 Å². The van der Waals surface area contributed by atoms with Crippen LogP contribution in [0.15, 0.2) is 18.2 Å². The maximum absolute atomic E-state index is 11.4. The Morgan fingerprint density at radius 2 is 2.21 bits per heavy atom. The van der Waals surface area contributed by atoms with Crippen LogP contribution in [0.5, 0.6) is 0 Å². The van der Waals surface area contributed by atoms with Gasteiger partial charge in [0.1, 0.15) is 11.4 Å². The lowest BCUT2D eigenvalue weighted by atomic mass is 9.89. The molecule has 102 valence electrons. The monoisotopic (exact) mass is 264 g/mol. The van der Waals surface area contributed by atoms with Gasteiger partial charge in [0.2, 0.25) is 5.91 Å². The lowest BCUT2D eigenvalue weighted by Gasteiger charge is -2.22. The number of hydrogen-bond acceptors (Lipinski definition) is 5. The smallest absolute Gasteiger partial charge is 0.315 e. The fraction of sp³-hybridized carbons (Fsp3) is 0.417. The van der Waals surface area contributed by atoms with Crippen LogP contribution in [0.4, 0.5) is 17.1 Å². The second-order valence-corrected chi connectivity index (χ2v) is 5.07. The summed E-state index contributed by atoms with van der Waals surface area (Å²) >= 11 is 0. The zero-order valence-corrected chi connectivity index (χ0v) is 10.6. The average molecular weight is 264 g/mol. The Bertz CT molecular complexity index is 546. The minimum atomic E-state index is -0.654. The first kappa shape index (κ1) is 13.1. The molecule has 1 fully saturated rings. The third-order valence-corrected chi connectivity index (χ3v) is 3.64. The van der Waals surface area contributed by atoms with E-state index < -0.39 is 10.3 Å². The molecule has 1 amide bonds. The average Bonchev–Trinajstić information content (AvgIpc) is 2.72. The third-order valence-electron chi connectivity index (χ3n) is 3.64. The number of nitro benzene ring substituents is 1.